The van der Waals surface area contributed by atoms with Crippen LogP contribution in [0.4, 0.5) is 0 Å². The highest BCUT2D eigenvalue weighted by Crippen LogP contribution is 2.08. The Morgan fingerprint density at radius 2 is 1.90 bits per heavy atom. The van der Waals surface area contributed by atoms with Crippen LogP contribution < -0.4 is 5.32 Å². The Balaban J connectivity index is 2.00. The van der Waals surface area contributed by atoms with Gasteiger partial charge in [-0.3, -0.25) is 4.79 Å². The van der Waals surface area contributed by atoms with Crippen LogP contribution in [0.3, 0.4) is 0 Å². The van der Waals surface area contributed by atoms with E-state index < -0.39 is 5.97 Å². The van der Waals surface area contributed by atoms with Gasteiger partial charge >= 0.3 is 5.97 Å². The number of benzene rings is 1. The van der Waals surface area contributed by atoms with Gasteiger partial charge in [-0.1, -0.05) is 29.8 Å². The predicted molar refractivity (Wildman–Crippen MR) is 80.2 cm³/mol. The molecule has 5 nitrogen and oxygen atoms in total. The summed E-state index contributed by atoms with van der Waals surface area (Å²) in [6.45, 7) is 2.31. The molecule has 0 radical (unpaired) electrons. The lowest BCUT2D eigenvalue weighted by atomic mass is 10.1. The molecule has 0 aliphatic carbocycles. The van der Waals surface area contributed by atoms with Crippen molar-refractivity contribution in [2.24, 2.45) is 0 Å². The number of amides is 1. The summed E-state index contributed by atoms with van der Waals surface area (Å²) in [5, 5.41) is 11.1. The first-order chi connectivity index (χ1) is 10.1. The first-order valence-corrected chi connectivity index (χ1v) is 7.19. The lowest BCUT2D eigenvalue weighted by Gasteiger charge is -2.05. The number of aliphatic carboxylic acids is 1. The molecule has 0 atom stereocenters. The van der Waals surface area contributed by atoms with Crippen molar-refractivity contribution >= 4 is 11.9 Å². The maximum atomic E-state index is 11.5. The Hall–Kier alpha value is -1.88. The average Bonchev–Trinajstić information content (AvgIpc) is 2.45. The third kappa shape index (κ3) is 8.81. The van der Waals surface area contributed by atoms with Crippen molar-refractivity contribution in [2.75, 3.05) is 19.8 Å². The van der Waals surface area contributed by atoms with E-state index in [9.17, 15) is 9.59 Å². The maximum absolute atomic E-state index is 11.5. The fraction of sp³-hybridized carbons (Fsp3) is 0.500. The average molecular weight is 293 g/mol. The minimum Gasteiger partial charge on any atom is -0.480 e. The summed E-state index contributed by atoms with van der Waals surface area (Å²) in [5.74, 6) is -1.02. The van der Waals surface area contributed by atoms with Crippen LogP contribution in [0, 0.1) is 6.92 Å². The van der Waals surface area contributed by atoms with Crippen molar-refractivity contribution in [3.05, 3.63) is 35.4 Å². The van der Waals surface area contributed by atoms with E-state index in [2.05, 4.69) is 36.5 Å². The Bertz CT molecular complexity index is 442. The van der Waals surface area contributed by atoms with Crippen molar-refractivity contribution in [3.8, 4) is 0 Å². The van der Waals surface area contributed by atoms with E-state index in [1.54, 1.807) is 0 Å². The number of hydrogen-bond donors (Lipinski definition) is 2. The molecule has 0 unspecified atom stereocenters. The van der Waals surface area contributed by atoms with Crippen LogP contribution in [-0.2, 0) is 20.7 Å². The number of carboxylic acid groups (broad SMARTS) is 1. The number of ether oxygens (including phenoxy) is 1. The predicted octanol–water partition coefficient (Wildman–Crippen LogP) is 1.93. The van der Waals surface area contributed by atoms with Gasteiger partial charge in [0.05, 0.1) is 6.61 Å². The fourth-order valence-corrected chi connectivity index (χ4v) is 1.88. The second-order valence-corrected chi connectivity index (χ2v) is 4.99. The topological polar surface area (TPSA) is 75.6 Å². The van der Waals surface area contributed by atoms with Crippen molar-refractivity contribution < 1.29 is 19.4 Å². The fourth-order valence-electron chi connectivity index (χ4n) is 1.88. The number of aryl methyl sites for hydroxylation is 2. The Labute approximate surface area is 125 Å². The second kappa shape index (κ2) is 9.94. The molecule has 1 aromatic carbocycles. The van der Waals surface area contributed by atoms with Gasteiger partial charge in [0.1, 0.15) is 6.61 Å². The third-order valence-electron chi connectivity index (χ3n) is 3.03. The van der Waals surface area contributed by atoms with Crippen LogP contribution >= 0.6 is 0 Å². The molecule has 1 amide bonds. The molecule has 5 heteroatoms. The largest absolute Gasteiger partial charge is 0.480 e. The van der Waals surface area contributed by atoms with E-state index >= 15 is 0 Å². The molecule has 0 bridgehead atoms. The van der Waals surface area contributed by atoms with Crippen molar-refractivity contribution in [3.63, 3.8) is 0 Å². The van der Waals surface area contributed by atoms with Gasteiger partial charge < -0.3 is 15.2 Å². The lowest BCUT2D eigenvalue weighted by molar-refractivity contribution is -0.142. The highest BCUT2D eigenvalue weighted by Gasteiger charge is 2.02. The highest BCUT2D eigenvalue weighted by molar-refractivity contribution is 5.75. The molecule has 0 heterocycles. The SMILES string of the molecule is Cc1ccc(CCCCC(=O)NCCOCC(=O)O)cc1. The summed E-state index contributed by atoms with van der Waals surface area (Å²) in [6, 6.07) is 8.43. The van der Waals surface area contributed by atoms with E-state index in [1.165, 1.54) is 11.1 Å². The van der Waals surface area contributed by atoms with E-state index in [0.29, 0.717) is 13.0 Å². The lowest BCUT2D eigenvalue weighted by Crippen LogP contribution is -2.27. The zero-order valence-corrected chi connectivity index (χ0v) is 12.4. The zero-order valence-electron chi connectivity index (χ0n) is 12.4. The Kier molecular flexibility index (Phi) is 8.12. The number of hydrogen-bond acceptors (Lipinski definition) is 3. The van der Waals surface area contributed by atoms with E-state index in [1.807, 2.05) is 0 Å². The molecule has 0 saturated carbocycles. The molecule has 0 aromatic heterocycles. The standard InChI is InChI=1S/C16H23NO4/c1-13-6-8-14(9-7-13)4-2-3-5-15(18)17-10-11-21-12-16(19)20/h6-9H,2-5,10-12H2,1H3,(H,17,18)(H,19,20). The summed E-state index contributed by atoms with van der Waals surface area (Å²) in [5.41, 5.74) is 2.55. The molecule has 1 rings (SSSR count). The third-order valence-corrected chi connectivity index (χ3v) is 3.03. The molecule has 0 spiro atoms. The van der Waals surface area contributed by atoms with E-state index in [4.69, 9.17) is 9.84 Å². The summed E-state index contributed by atoms with van der Waals surface area (Å²) in [4.78, 5) is 21.7. The van der Waals surface area contributed by atoms with Crippen molar-refractivity contribution in [1.29, 1.82) is 0 Å². The molecule has 0 fully saturated rings. The van der Waals surface area contributed by atoms with Crippen LogP contribution in [0.5, 0.6) is 0 Å². The quantitative estimate of drug-likeness (QED) is 0.646. The molecule has 0 aliphatic rings. The molecule has 0 saturated heterocycles. The summed E-state index contributed by atoms with van der Waals surface area (Å²) >= 11 is 0. The van der Waals surface area contributed by atoms with Gasteiger partial charge in [-0.15, -0.1) is 0 Å². The van der Waals surface area contributed by atoms with Gasteiger partial charge in [-0.05, 0) is 31.7 Å². The van der Waals surface area contributed by atoms with Crippen LogP contribution in [0.2, 0.25) is 0 Å². The Morgan fingerprint density at radius 3 is 2.57 bits per heavy atom. The van der Waals surface area contributed by atoms with Crippen LogP contribution in [0.15, 0.2) is 24.3 Å². The first-order valence-electron chi connectivity index (χ1n) is 7.19. The summed E-state index contributed by atoms with van der Waals surface area (Å²) < 4.78 is 4.82. The number of carbonyl (C=O) groups is 2. The molecular formula is C16H23NO4. The molecule has 21 heavy (non-hydrogen) atoms. The van der Waals surface area contributed by atoms with Gasteiger partial charge in [-0.25, -0.2) is 4.79 Å². The van der Waals surface area contributed by atoms with Crippen LogP contribution in [0.1, 0.15) is 30.4 Å². The summed E-state index contributed by atoms with van der Waals surface area (Å²) in [6.07, 6.45) is 3.29. The minimum absolute atomic E-state index is 0.0159. The van der Waals surface area contributed by atoms with Gasteiger partial charge in [0, 0.05) is 13.0 Å². The van der Waals surface area contributed by atoms with Gasteiger partial charge in [0.15, 0.2) is 0 Å². The smallest absolute Gasteiger partial charge is 0.329 e. The summed E-state index contributed by atoms with van der Waals surface area (Å²) in [7, 11) is 0. The van der Waals surface area contributed by atoms with Gasteiger partial charge in [-0.2, -0.15) is 0 Å². The number of carbonyl (C=O) groups excluding carboxylic acids is 1. The van der Waals surface area contributed by atoms with Gasteiger partial charge in [0.2, 0.25) is 5.91 Å². The van der Waals surface area contributed by atoms with Crippen molar-refractivity contribution in [1.82, 2.24) is 5.32 Å². The molecule has 0 aliphatic heterocycles. The van der Waals surface area contributed by atoms with E-state index in [0.717, 1.165) is 19.3 Å². The first kappa shape index (κ1) is 17.2. The monoisotopic (exact) mass is 293 g/mol. The number of nitrogens with one attached hydrogen (secondary N) is 1. The Morgan fingerprint density at radius 1 is 1.19 bits per heavy atom. The molecule has 2 N–H and O–H groups in total. The highest BCUT2D eigenvalue weighted by atomic mass is 16.5. The van der Waals surface area contributed by atoms with Gasteiger partial charge in [0.25, 0.3) is 0 Å². The molecular weight excluding hydrogens is 270 g/mol. The zero-order chi connectivity index (χ0) is 15.5. The normalized spacial score (nSPS) is 10.3. The maximum Gasteiger partial charge on any atom is 0.329 e. The minimum atomic E-state index is -1.00. The van der Waals surface area contributed by atoms with Crippen LogP contribution in [0.25, 0.3) is 0 Å². The van der Waals surface area contributed by atoms with E-state index in [-0.39, 0.29) is 19.1 Å². The number of rotatable bonds is 10. The molecule has 116 valence electrons. The van der Waals surface area contributed by atoms with Crippen molar-refractivity contribution in [2.45, 2.75) is 32.6 Å². The van der Waals surface area contributed by atoms with Crippen LogP contribution in [-0.4, -0.2) is 36.7 Å². The second-order valence-electron chi connectivity index (χ2n) is 4.99. The molecule has 1 aromatic rings. The number of carboxylic acids is 1. The number of unbranched alkanes of at least 4 members (excludes halogenated alkanes) is 1.